The van der Waals surface area contributed by atoms with Gasteiger partial charge in [-0.25, -0.2) is 4.98 Å². The van der Waals surface area contributed by atoms with E-state index in [1.165, 1.54) is 6.20 Å². The molecule has 1 aliphatic heterocycles. The molecule has 0 bridgehead atoms. The van der Waals surface area contributed by atoms with Crippen LogP contribution in [0.4, 0.5) is 5.00 Å². The summed E-state index contributed by atoms with van der Waals surface area (Å²) in [5.74, 6) is 0. The minimum absolute atomic E-state index is 0.0220. The largest absolute Gasteiger partial charge is 0.465 e. The average molecular weight is 229 g/mol. The molecule has 1 aromatic rings. The Kier molecular flexibility index (Phi) is 3.12. The van der Waals surface area contributed by atoms with Gasteiger partial charge in [0.15, 0.2) is 0 Å². The van der Waals surface area contributed by atoms with Gasteiger partial charge >= 0.3 is 5.00 Å². The first kappa shape index (κ1) is 10.3. The molecular formula is C8H11N3O3S. The summed E-state index contributed by atoms with van der Waals surface area (Å²) < 4.78 is 5.53. The molecule has 0 spiro atoms. The van der Waals surface area contributed by atoms with Crippen LogP contribution in [-0.2, 0) is 0 Å². The zero-order valence-corrected chi connectivity index (χ0v) is 8.83. The van der Waals surface area contributed by atoms with Crippen LogP contribution in [0, 0.1) is 10.1 Å². The fraction of sp³-hybridized carbons (Fsp3) is 0.625. The van der Waals surface area contributed by atoms with Gasteiger partial charge in [0.05, 0.1) is 4.92 Å². The second-order valence-electron chi connectivity index (χ2n) is 3.31. The van der Waals surface area contributed by atoms with Crippen LogP contribution in [0.5, 0.6) is 5.19 Å². The number of thiazole rings is 1. The number of ether oxygens (including phenoxy) is 1. The number of rotatable bonds is 3. The molecule has 2 heterocycles. The third kappa shape index (κ3) is 2.63. The van der Waals surface area contributed by atoms with E-state index >= 15 is 0 Å². The van der Waals surface area contributed by atoms with E-state index in [0.717, 1.165) is 37.3 Å². The standard InChI is InChI=1S/C8H11N3O3S/c12-11(13)7-5-10-8(15-7)14-6-2-1-3-9-4-6/h5-6,9H,1-4H2/t6-/m0/s1. The van der Waals surface area contributed by atoms with Gasteiger partial charge in [0.25, 0.3) is 5.19 Å². The van der Waals surface area contributed by atoms with Gasteiger partial charge in [-0.05, 0) is 30.7 Å². The minimum Gasteiger partial charge on any atom is -0.465 e. The van der Waals surface area contributed by atoms with E-state index in [1.54, 1.807) is 0 Å². The van der Waals surface area contributed by atoms with Crippen LogP contribution in [0.1, 0.15) is 12.8 Å². The summed E-state index contributed by atoms with van der Waals surface area (Å²) in [5, 5.41) is 14.0. The van der Waals surface area contributed by atoms with Crippen molar-refractivity contribution in [1.82, 2.24) is 10.3 Å². The maximum absolute atomic E-state index is 10.4. The maximum atomic E-state index is 10.4. The van der Waals surface area contributed by atoms with Gasteiger partial charge in [0.1, 0.15) is 12.3 Å². The molecule has 1 atom stereocenters. The molecule has 1 aliphatic rings. The second-order valence-corrected chi connectivity index (χ2v) is 4.28. The zero-order valence-electron chi connectivity index (χ0n) is 8.01. The van der Waals surface area contributed by atoms with Crippen molar-refractivity contribution in [1.29, 1.82) is 0 Å². The lowest BCUT2D eigenvalue weighted by Gasteiger charge is -2.22. The van der Waals surface area contributed by atoms with Crippen molar-refractivity contribution < 1.29 is 9.66 Å². The summed E-state index contributed by atoms with van der Waals surface area (Å²) in [4.78, 5) is 13.8. The molecule has 1 N–H and O–H groups in total. The summed E-state index contributed by atoms with van der Waals surface area (Å²) in [6.45, 7) is 1.80. The molecule has 0 unspecified atom stereocenters. The Morgan fingerprint density at radius 1 is 1.73 bits per heavy atom. The lowest BCUT2D eigenvalue weighted by molar-refractivity contribution is -0.380. The third-order valence-corrected chi connectivity index (χ3v) is 3.01. The molecular weight excluding hydrogens is 218 g/mol. The van der Waals surface area contributed by atoms with Crippen molar-refractivity contribution in [3.8, 4) is 5.19 Å². The molecule has 2 rings (SSSR count). The molecule has 0 aliphatic carbocycles. The van der Waals surface area contributed by atoms with Gasteiger partial charge < -0.3 is 10.1 Å². The van der Waals surface area contributed by atoms with E-state index in [1.807, 2.05) is 0 Å². The highest BCUT2D eigenvalue weighted by atomic mass is 32.1. The average Bonchev–Trinajstić information content (AvgIpc) is 2.68. The molecule has 1 saturated heterocycles. The fourth-order valence-corrected chi connectivity index (χ4v) is 2.10. The Morgan fingerprint density at radius 2 is 2.60 bits per heavy atom. The lowest BCUT2D eigenvalue weighted by atomic mass is 10.1. The van der Waals surface area contributed by atoms with Crippen LogP contribution < -0.4 is 10.1 Å². The normalized spacial score (nSPS) is 21.2. The molecule has 15 heavy (non-hydrogen) atoms. The molecule has 0 saturated carbocycles. The summed E-state index contributed by atoms with van der Waals surface area (Å²) in [7, 11) is 0. The van der Waals surface area contributed by atoms with Gasteiger partial charge in [0, 0.05) is 6.54 Å². The van der Waals surface area contributed by atoms with E-state index in [9.17, 15) is 10.1 Å². The van der Waals surface area contributed by atoms with E-state index in [0.29, 0.717) is 5.19 Å². The number of nitrogens with one attached hydrogen (secondary N) is 1. The fourth-order valence-electron chi connectivity index (χ4n) is 1.45. The number of hydrogen-bond acceptors (Lipinski definition) is 6. The van der Waals surface area contributed by atoms with Crippen molar-refractivity contribution in [2.45, 2.75) is 18.9 Å². The number of hydrogen-bond donors (Lipinski definition) is 1. The Morgan fingerprint density at radius 3 is 3.20 bits per heavy atom. The molecule has 0 radical (unpaired) electrons. The van der Waals surface area contributed by atoms with Crippen LogP contribution >= 0.6 is 11.3 Å². The van der Waals surface area contributed by atoms with Gasteiger partial charge in [-0.3, -0.25) is 10.1 Å². The Hall–Kier alpha value is -1.21. The first-order chi connectivity index (χ1) is 7.25. The van der Waals surface area contributed by atoms with Crippen molar-refractivity contribution in [3.05, 3.63) is 16.3 Å². The second kappa shape index (κ2) is 4.54. The lowest BCUT2D eigenvalue weighted by Crippen LogP contribution is -2.37. The highest BCUT2D eigenvalue weighted by Gasteiger charge is 2.18. The van der Waals surface area contributed by atoms with Gasteiger partial charge in [-0.15, -0.1) is 0 Å². The van der Waals surface area contributed by atoms with Gasteiger partial charge in [-0.1, -0.05) is 0 Å². The molecule has 1 aromatic heterocycles. The zero-order chi connectivity index (χ0) is 10.7. The van der Waals surface area contributed by atoms with E-state index < -0.39 is 4.92 Å². The summed E-state index contributed by atoms with van der Waals surface area (Å²) in [5.41, 5.74) is 0. The minimum atomic E-state index is -0.455. The Labute approximate surface area is 90.4 Å². The first-order valence-corrected chi connectivity index (χ1v) is 5.55. The van der Waals surface area contributed by atoms with Crippen LogP contribution in [0.15, 0.2) is 6.20 Å². The van der Waals surface area contributed by atoms with E-state index in [2.05, 4.69) is 10.3 Å². The Balaban J connectivity index is 1.94. The molecule has 1 fully saturated rings. The molecule has 7 heteroatoms. The third-order valence-electron chi connectivity index (χ3n) is 2.17. The summed E-state index contributed by atoms with van der Waals surface area (Å²) in [6, 6.07) is 0. The summed E-state index contributed by atoms with van der Waals surface area (Å²) in [6.07, 6.45) is 3.36. The van der Waals surface area contributed by atoms with Crippen LogP contribution in [-0.4, -0.2) is 29.1 Å². The Bertz CT molecular complexity index is 349. The van der Waals surface area contributed by atoms with Gasteiger partial charge in [0.2, 0.25) is 0 Å². The topological polar surface area (TPSA) is 77.3 Å². The van der Waals surface area contributed by atoms with Crippen molar-refractivity contribution in [2.75, 3.05) is 13.1 Å². The predicted molar refractivity (Wildman–Crippen MR) is 55.3 cm³/mol. The van der Waals surface area contributed by atoms with Crippen molar-refractivity contribution in [3.63, 3.8) is 0 Å². The molecule has 0 aromatic carbocycles. The molecule has 0 amide bonds. The quantitative estimate of drug-likeness (QED) is 0.622. The monoisotopic (exact) mass is 229 g/mol. The van der Waals surface area contributed by atoms with Crippen LogP contribution in [0.3, 0.4) is 0 Å². The van der Waals surface area contributed by atoms with Gasteiger partial charge in [-0.2, -0.15) is 0 Å². The number of piperidine rings is 1. The smallest absolute Gasteiger partial charge is 0.347 e. The maximum Gasteiger partial charge on any atom is 0.347 e. The SMILES string of the molecule is O=[N+]([O-])c1cnc(O[C@H]2CCCNC2)s1. The predicted octanol–water partition coefficient (Wildman–Crippen LogP) is 1.18. The van der Waals surface area contributed by atoms with E-state index in [4.69, 9.17) is 4.74 Å². The van der Waals surface area contributed by atoms with E-state index in [-0.39, 0.29) is 11.1 Å². The first-order valence-electron chi connectivity index (χ1n) is 4.73. The molecule has 6 nitrogen and oxygen atoms in total. The highest BCUT2D eigenvalue weighted by Crippen LogP contribution is 2.28. The van der Waals surface area contributed by atoms with Crippen molar-refractivity contribution in [2.24, 2.45) is 0 Å². The van der Waals surface area contributed by atoms with Crippen LogP contribution in [0.25, 0.3) is 0 Å². The molecule has 82 valence electrons. The van der Waals surface area contributed by atoms with Crippen molar-refractivity contribution >= 4 is 16.3 Å². The number of nitro groups is 1. The number of nitrogens with zero attached hydrogens (tertiary/aromatic N) is 2. The van der Waals surface area contributed by atoms with Crippen LogP contribution in [0.2, 0.25) is 0 Å². The number of aromatic nitrogens is 1. The summed E-state index contributed by atoms with van der Waals surface area (Å²) >= 11 is 0.974. The highest BCUT2D eigenvalue weighted by molar-refractivity contribution is 7.16.